The lowest BCUT2D eigenvalue weighted by Gasteiger charge is -2.26. The molecule has 1 N–H and O–H groups in total. The number of thiophene rings is 1. The summed E-state index contributed by atoms with van der Waals surface area (Å²) in [4.78, 5) is 45.2. The molecule has 1 fully saturated rings. The van der Waals surface area contributed by atoms with E-state index in [0.29, 0.717) is 31.7 Å². The second-order valence-electron chi connectivity index (χ2n) is 6.84. The number of aryl methyl sites for hydroxylation is 2. The Morgan fingerprint density at radius 2 is 2.00 bits per heavy atom. The summed E-state index contributed by atoms with van der Waals surface area (Å²) in [7, 11) is 0. The number of hydrogen-bond donors (Lipinski definition) is 1. The topological polar surface area (TPSA) is 93.5 Å². The van der Waals surface area contributed by atoms with E-state index in [1.807, 2.05) is 0 Å². The molecule has 1 aliphatic carbocycles. The molecule has 4 rings (SSSR count). The molecule has 0 radical (unpaired) electrons. The first-order valence-corrected chi connectivity index (χ1v) is 10.1. The standard InChI is InChI=1S/C18H22N4O4S/c23-14(19-9-15(24)21-5-7-26-8-6-21)10-22-11-20-17-16(18(22)25)12-3-1-2-4-13(12)27-17/h11H,1-10H2,(H,19,23). The lowest BCUT2D eigenvalue weighted by Crippen LogP contribution is -2.46. The Bertz CT molecular complexity index is 929. The van der Waals surface area contributed by atoms with E-state index in [9.17, 15) is 14.4 Å². The van der Waals surface area contributed by atoms with Gasteiger partial charge in [-0.1, -0.05) is 0 Å². The van der Waals surface area contributed by atoms with E-state index >= 15 is 0 Å². The van der Waals surface area contributed by atoms with E-state index in [4.69, 9.17) is 4.74 Å². The van der Waals surface area contributed by atoms with E-state index in [0.717, 1.165) is 36.1 Å². The first kappa shape index (κ1) is 18.1. The molecule has 144 valence electrons. The van der Waals surface area contributed by atoms with Crippen molar-refractivity contribution in [2.24, 2.45) is 0 Å². The second-order valence-corrected chi connectivity index (χ2v) is 7.92. The number of nitrogens with one attached hydrogen (secondary N) is 1. The van der Waals surface area contributed by atoms with Crippen molar-refractivity contribution in [2.75, 3.05) is 32.8 Å². The molecule has 27 heavy (non-hydrogen) atoms. The minimum absolute atomic E-state index is 0.0723. The fraction of sp³-hybridized carbons (Fsp3) is 0.556. The van der Waals surface area contributed by atoms with Crippen LogP contribution in [-0.4, -0.2) is 59.1 Å². The van der Waals surface area contributed by atoms with Crippen molar-refractivity contribution in [1.82, 2.24) is 19.8 Å². The van der Waals surface area contributed by atoms with Crippen LogP contribution in [0.5, 0.6) is 0 Å². The van der Waals surface area contributed by atoms with Crippen molar-refractivity contribution in [2.45, 2.75) is 32.2 Å². The third kappa shape index (κ3) is 3.74. The Labute approximate surface area is 160 Å². The predicted octanol–water partition coefficient (Wildman–Crippen LogP) is 0.312. The number of amides is 2. The zero-order valence-electron chi connectivity index (χ0n) is 15.0. The average molecular weight is 390 g/mol. The Kier molecular flexibility index (Phi) is 5.22. The van der Waals surface area contributed by atoms with E-state index in [-0.39, 0.29) is 30.5 Å². The molecule has 8 nitrogen and oxygen atoms in total. The number of carbonyl (C=O) groups is 2. The third-order valence-electron chi connectivity index (χ3n) is 5.06. The molecule has 3 heterocycles. The first-order chi connectivity index (χ1) is 13.1. The molecule has 0 unspecified atom stereocenters. The smallest absolute Gasteiger partial charge is 0.262 e. The molecule has 0 aromatic carbocycles. The van der Waals surface area contributed by atoms with Crippen LogP contribution in [0.2, 0.25) is 0 Å². The second kappa shape index (κ2) is 7.77. The van der Waals surface area contributed by atoms with Gasteiger partial charge in [0, 0.05) is 18.0 Å². The molecule has 0 saturated carbocycles. The summed E-state index contributed by atoms with van der Waals surface area (Å²) >= 11 is 1.59. The third-order valence-corrected chi connectivity index (χ3v) is 6.26. The quantitative estimate of drug-likeness (QED) is 0.811. The maximum Gasteiger partial charge on any atom is 0.262 e. The zero-order valence-corrected chi connectivity index (χ0v) is 15.8. The summed E-state index contributed by atoms with van der Waals surface area (Å²) in [5, 5.41) is 3.27. The number of ether oxygens (including phenoxy) is 1. The molecule has 2 amide bonds. The van der Waals surface area contributed by atoms with Crippen LogP contribution in [0.1, 0.15) is 23.3 Å². The number of hydrogen-bond acceptors (Lipinski definition) is 6. The maximum atomic E-state index is 12.8. The van der Waals surface area contributed by atoms with Crippen molar-refractivity contribution in [3.63, 3.8) is 0 Å². The molecular formula is C18H22N4O4S. The highest BCUT2D eigenvalue weighted by Gasteiger charge is 2.21. The minimum atomic E-state index is -0.371. The molecule has 1 saturated heterocycles. The van der Waals surface area contributed by atoms with Gasteiger partial charge in [0.15, 0.2) is 0 Å². The Hall–Kier alpha value is -2.26. The van der Waals surface area contributed by atoms with Crippen LogP contribution in [-0.2, 0) is 33.7 Å². The maximum absolute atomic E-state index is 12.8. The van der Waals surface area contributed by atoms with Gasteiger partial charge in [-0.15, -0.1) is 11.3 Å². The highest BCUT2D eigenvalue weighted by Crippen LogP contribution is 2.33. The van der Waals surface area contributed by atoms with E-state index < -0.39 is 0 Å². The van der Waals surface area contributed by atoms with Crippen LogP contribution in [0.4, 0.5) is 0 Å². The fourth-order valence-electron chi connectivity index (χ4n) is 3.60. The monoisotopic (exact) mass is 390 g/mol. The zero-order chi connectivity index (χ0) is 18.8. The first-order valence-electron chi connectivity index (χ1n) is 9.25. The van der Waals surface area contributed by atoms with Gasteiger partial charge in [-0.05, 0) is 31.2 Å². The highest BCUT2D eigenvalue weighted by atomic mass is 32.1. The van der Waals surface area contributed by atoms with Crippen molar-refractivity contribution in [1.29, 1.82) is 0 Å². The molecule has 2 aromatic heterocycles. The molecule has 0 atom stereocenters. The molecule has 0 bridgehead atoms. The Morgan fingerprint density at radius 1 is 1.22 bits per heavy atom. The predicted molar refractivity (Wildman–Crippen MR) is 101 cm³/mol. The number of aromatic nitrogens is 2. The van der Waals surface area contributed by atoms with Crippen LogP contribution < -0.4 is 10.9 Å². The molecule has 9 heteroatoms. The number of carbonyl (C=O) groups excluding carboxylic acids is 2. The number of nitrogens with zero attached hydrogens (tertiary/aromatic N) is 3. The molecule has 1 aliphatic heterocycles. The summed E-state index contributed by atoms with van der Waals surface area (Å²) in [5.41, 5.74) is 0.935. The minimum Gasteiger partial charge on any atom is -0.378 e. The van der Waals surface area contributed by atoms with Crippen LogP contribution in [0.15, 0.2) is 11.1 Å². The number of fused-ring (bicyclic) bond motifs is 3. The molecule has 2 aromatic rings. The van der Waals surface area contributed by atoms with Crippen molar-refractivity contribution < 1.29 is 14.3 Å². The van der Waals surface area contributed by atoms with Crippen LogP contribution in [0, 0.1) is 0 Å². The summed E-state index contributed by atoms with van der Waals surface area (Å²) in [6, 6.07) is 0. The number of rotatable bonds is 4. The highest BCUT2D eigenvalue weighted by molar-refractivity contribution is 7.18. The Morgan fingerprint density at radius 3 is 2.81 bits per heavy atom. The normalized spacial score (nSPS) is 17.0. The van der Waals surface area contributed by atoms with Gasteiger partial charge in [0.25, 0.3) is 5.56 Å². The van der Waals surface area contributed by atoms with E-state index in [1.54, 1.807) is 16.2 Å². The van der Waals surface area contributed by atoms with Gasteiger partial charge in [-0.2, -0.15) is 0 Å². The lowest BCUT2D eigenvalue weighted by molar-refractivity contribution is -0.136. The summed E-state index contributed by atoms with van der Waals surface area (Å²) in [6.45, 7) is 1.91. The fourth-order valence-corrected chi connectivity index (χ4v) is 4.82. The van der Waals surface area contributed by atoms with Gasteiger partial charge in [-0.25, -0.2) is 4.98 Å². The number of morpholine rings is 1. The van der Waals surface area contributed by atoms with Crippen molar-refractivity contribution in [3.8, 4) is 0 Å². The summed E-state index contributed by atoms with van der Waals surface area (Å²) in [5.74, 6) is -0.511. The molecule has 2 aliphatic rings. The lowest BCUT2D eigenvalue weighted by atomic mass is 9.97. The van der Waals surface area contributed by atoms with E-state index in [2.05, 4.69) is 10.3 Å². The molecular weight excluding hydrogens is 368 g/mol. The van der Waals surface area contributed by atoms with Gasteiger partial charge in [0.05, 0.1) is 31.5 Å². The summed E-state index contributed by atoms with van der Waals surface area (Å²) < 4.78 is 6.54. The Balaban J connectivity index is 1.43. The van der Waals surface area contributed by atoms with Crippen LogP contribution >= 0.6 is 11.3 Å². The van der Waals surface area contributed by atoms with E-state index in [1.165, 1.54) is 15.8 Å². The van der Waals surface area contributed by atoms with Crippen molar-refractivity contribution in [3.05, 3.63) is 27.1 Å². The molecule has 0 spiro atoms. The van der Waals surface area contributed by atoms with Crippen LogP contribution in [0.25, 0.3) is 10.2 Å². The largest absolute Gasteiger partial charge is 0.378 e. The van der Waals surface area contributed by atoms with Gasteiger partial charge < -0.3 is 15.0 Å². The summed E-state index contributed by atoms with van der Waals surface area (Å²) in [6.07, 6.45) is 5.55. The van der Waals surface area contributed by atoms with Gasteiger partial charge in [0.1, 0.15) is 11.4 Å². The van der Waals surface area contributed by atoms with Gasteiger partial charge in [0.2, 0.25) is 11.8 Å². The SMILES string of the molecule is O=C(Cn1cnc2sc3c(c2c1=O)CCCC3)NCC(=O)N1CCOCC1. The van der Waals surface area contributed by atoms with Crippen LogP contribution in [0.3, 0.4) is 0 Å². The van der Waals surface area contributed by atoms with Crippen molar-refractivity contribution >= 4 is 33.4 Å². The van der Waals surface area contributed by atoms with Gasteiger partial charge in [-0.3, -0.25) is 19.0 Å². The van der Waals surface area contributed by atoms with Gasteiger partial charge >= 0.3 is 0 Å². The average Bonchev–Trinajstić information content (AvgIpc) is 3.08.